The van der Waals surface area contributed by atoms with Crippen molar-refractivity contribution in [1.82, 2.24) is 0 Å². The van der Waals surface area contributed by atoms with Crippen molar-refractivity contribution < 1.29 is 9.59 Å². The fraction of sp³-hybridized carbons (Fsp3) is 0.0870. The Balaban J connectivity index is 1.45. The Morgan fingerprint density at radius 1 is 1.10 bits per heavy atom. The third kappa shape index (κ3) is 5.44. The third-order valence-corrected chi connectivity index (χ3v) is 6.37. The molecule has 0 unspecified atom stereocenters. The second kappa shape index (κ2) is 9.96. The minimum absolute atomic E-state index is 0.111. The van der Waals surface area contributed by atoms with Crippen molar-refractivity contribution in [3.63, 3.8) is 0 Å². The lowest BCUT2D eigenvalue weighted by atomic mass is 10.3. The molecule has 3 aromatic rings. The minimum Gasteiger partial charge on any atom is -0.326 e. The number of nitrogens with one attached hydrogen (secondary N) is 1. The van der Waals surface area contributed by atoms with Crippen LogP contribution in [0.25, 0.3) is 6.08 Å². The third-order valence-electron chi connectivity index (χ3n) is 4.35. The lowest BCUT2D eigenvalue weighted by Crippen LogP contribution is -2.30. The molecular formula is C23H18ClN3O2S2. The summed E-state index contributed by atoms with van der Waals surface area (Å²) in [4.78, 5) is 32.5. The second-order valence-electron chi connectivity index (χ2n) is 6.57. The van der Waals surface area contributed by atoms with Gasteiger partial charge >= 0.3 is 0 Å². The number of nitrogens with zero attached hydrogens (tertiary/aromatic N) is 2. The quantitative estimate of drug-likeness (QED) is 0.458. The van der Waals surface area contributed by atoms with Crippen molar-refractivity contribution >= 4 is 69.1 Å². The number of hydrogen-bond donors (Lipinski definition) is 1. The van der Waals surface area contributed by atoms with E-state index in [1.165, 1.54) is 11.8 Å². The number of halogens is 1. The van der Waals surface area contributed by atoms with E-state index >= 15 is 0 Å². The van der Waals surface area contributed by atoms with Crippen molar-refractivity contribution in [2.24, 2.45) is 4.99 Å². The zero-order valence-corrected chi connectivity index (χ0v) is 18.7. The first-order chi connectivity index (χ1) is 15.1. The Morgan fingerprint density at radius 3 is 2.58 bits per heavy atom. The number of para-hydroxylation sites is 1. The molecule has 8 heteroatoms. The van der Waals surface area contributed by atoms with Crippen LogP contribution in [0.2, 0.25) is 5.02 Å². The monoisotopic (exact) mass is 467 g/mol. The zero-order valence-electron chi connectivity index (χ0n) is 16.3. The normalized spacial score (nSPS) is 14.7. The van der Waals surface area contributed by atoms with E-state index in [4.69, 9.17) is 11.6 Å². The van der Waals surface area contributed by atoms with Gasteiger partial charge in [-0.25, -0.2) is 4.99 Å². The summed E-state index contributed by atoms with van der Waals surface area (Å²) >= 11 is 8.80. The number of aliphatic imine (C=N–C) groups is 1. The van der Waals surface area contributed by atoms with Gasteiger partial charge in [0.15, 0.2) is 5.17 Å². The first-order valence-electron chi connectivity index (χ1n) is 9.52. The van der Waals surface area contributed by atoms with Gasteiger partial charge in [0, 0.05) is 27.8 Å². The fourth-order valence-electron chi connectivity index (χ4n) is 2.90. The van der Waals surface area contributed by atoms with E-state index in [1.54, 1.807) is 46.6 Å². The number of rotatable bonds is 6. The Hall–Kier alpha value is -2.87. The standard InChI is InChI=1S/C23H18ClN3O2S2/c24-16-8-10-17(11-9-16)25-21(28)12-14-31-23-26-20(15-19-7-4-13-30-19)22(29)27(23)18-5-2-1-3-6-18/h1-11,13,15H,12,14H2,(H,25,28)/b20-15+. The summed E-state index contributed by atoms with van der Waals surface area (Å²) in [5.41, 5.74) is 1.83. The van der Waals surface area contributed by atoms with Crippen molar-refractivity contribution in [1.29, 1.82) is 0 Å². The summed E-state index contributed by atoms with van der Waals surface area (Å²) in [6, 6.07) is 20.2. The molecule has 1 aliphatic rings. The summed E-state index contributed by atoms with van der Waals surface area (Å²) in [6.45, 7) is 0. The molecule has 0 spiro atoms. The molecule has 2 amide bonds. The molecule has 0 aliphatic carbocycles. The van der Waals surface area contributed by atoms with Gasteiger partial charge in [0.05, 0.1) is 5.69 Å². The molecule has 5 nitrogen and oxygen atoms in total. The molecule has 0 atom stereocenters. The molecule has 0 bridgehead atoms. The molecule has 1 aliphatic heterocycles. The summed E-state index contributed by atoms with van der Waals surface area (Å²) < 4.78 is 0. The molecule has 1 N–H and O–H groups in total. The molecule has 2 heterocycles. The summed E-state index contributed by atoms with van der Waals surface area (Å²) in [5, 5.41) is 5.98. The van der Waals surface area contributed by atoms with Gasteiger partial charge in [-0.3, -0.25) is 14.5 Å². The summed E-state index contributed by atoms with van der Waals surface area (Å²) in [7, 11) is 0. The van der Waals surface area contributed by atoms with E-state index < -0.39 is 0 Å². The predicted molar refractivity (Wildman–Crippen MR) is 131 cm³/mol. The van der Waals surface area contributed by atoms with E-state index in [0.717, 1.165) is 10.6 Å². The number of thiophene rings is 1. The Labute approximate surface area is 193 Å². The highest BCUT2D eigenvalue weighted by molar-refractivity contribution is 8.14. The molecule has 0 radical (unpaired) electrons. The SMILES string of the molecule is O=C(CCSC1=N/C(=C/c2cccs2)C(=O)N1c1ccccc1)Nc1ccc(Cl)cc1. The van der Waals surface area contributed by atoms with Gasteiger partial charge in [0.25, 0.3) is 5.91 Å². The number of thioether (sulfide) groups is 1. The predicted octanol–water partition coefficient (Wildman–Crippen LogP) is 5.91. The van der Waals surface area contributed by atoms with Gasteiger partial charge in [-0.1, -0.05) is 47.6 Å². The molecule has 0 saturated heterocycles. The van der Waals surface area contributed by atoms with E-state index in [0.29, 0.717) is 27.3 Å². The van der Waals surface area contributed by atoms with Crippen LogP contribution in [0.4, 0.5) is 11.4 Å². The van der Waals surface area contributed by atoms with E-state index in [-0.39, 0.29) is 18.2 Å². The van der Waals surface area contributed by atoms with Crippen LogP contribution in [0.15, 0.2) is 82.8 Å². The van der Waals surface area contributed by atoms with Crippen LogP contribution in [-0.4, -0.2) is 22.7 Å². The zero-order chi connectivity index (χ0) is 21.6. The highest BCUT2D eigenvalue weighted by Gasteiger charge is 2.31. The molecule has 156 valence electrons. The van der Waals surface area contributed by atoms with Gasteiger partial charge in [-0.15, -0.1) is 11.3 Å². The highest BCUT2D eigenvalue weighted by atomic mass is 35.5. The van der Waals surface area contributed by atoms with Crippen LogP contribution in [0.5, 0.6) is 0 Å². The average molecular weight is 468 g/mol. The largest absolute Gasteiger partial charge is 0.326 e. The van der Waals surface area contributed by atoms with Crippen LogP contribution in [-0.2, 0) is 9.59 Å². The first-order valence-corrected chi connectivity index (χ1v) is 11.8. The van der Waals surface area contributed by atoms with Gasteiger partial charge in [0.2, 0.25) is 5.91 Å². The van der Waals surface area contributed by atoms with Crippen molar-refractivity contribution in [3.05, 3.63) is 87.7 Å². The van der Waals surface area contributed by atoms with Gasteiger partial charge < -0.3 is 5.32 Å². The average Bonchev–Trinajstić information content (AvgIpc) is 3.39. The molecule has 1 aromatic heterocycles. The molecule has 31 heavy (non-hydrogen) atoms. The smallest absolute Gasteiger partial charge is 0.283 e. The lowest BCUT2D eigenvalue weighted by Gasteiger charge is -2.17. The maximum Gasteiger partial charge on any atom is 0.283 e. The van der Waals surface area contributed by atoms with E-state index in [9.17, 15) is 9.59 Å². The molecule has 2 aromatic carbocycles. The maximum atomic E-state index is 13.1. The van der Waals surface area contributed by atoms with Crippen molar-refractivity contribution in [2.45, 2.75) is 6.42 Å². The number of carbonyl (C=O) groups excluding carboxylic acids is 2. The topological polar surface area (TPSA) is 61.8 Å². The van der Waals surface area contributed by atoms with Gasteiger partial charge in [-0.05, 0) is 53.9 Å². The van der Waals surface area contributed by atoms with Crippen LogP contribution >= 0.6 is 34.7 Å². The Kier molecular flexibility index (Phi) is 6.86. The number of carbonyl (C=O) groups is 2. The highest BCUT2D eigenvalue weighted by Crippen LogP contribution is 2.30. The first kappa shape index (κ1) is 21.4. The lowest BCUT2D eigenvalue weighted by molar-refractivity contribution is -0.116. The number of anilines is 2. The second-order valence-corrected chi connectivity index (χ2v) is 9.05. The number of hydrogen-bond acceptors (Lipinski definition) is 5. The molecule has 0 fully saturated rings. The van der Waals surface area contributed by atoms with Gasteiger partial charge in [0.1, 0.15) is 5.70 Å². The van der Waals surface area contributed by atoms with Crippen LogP contribution in [0, 0.1) is 0 Å². The van der Waals surface area contributed by atoms with E-state index in [2.05, 4.69) is 10.3 Å². The molecular weight excluding hydrogens is 450 g/mol. The molecule has 0 saturated carbocycles. The number of benzene rings is 2. The maximum absolute atomic E-state index is 13.1. The van der Waals surface area contributed by atoms with Crippen molar-refractivity contribution in [2.75, 3.05) is 16.0 Å². The number of amides is 2. The van der Waals surface area contributed by atoms with Crippen molar-refractivity contribution in [3.8, 4) is 0 Å². The Morgan fingerprint density at radius 2 is 1.87 bits per heavy atom. The van der Waals surface area contributed by atoms with Crippen LogP contribution < -0.4 is 10.2 Å². The Bertz CT molecular complexity index is 1130. The van der Waals surface area contributed by atoms with Crippen LogP contribution in [0.3, 0.4) is 0 Å². The summed E-state index contributed by atoms with van der Waals surface area (Å²) in [6.07, 6.45) is 2.08. The molecule has 4 rings (SSSR count). The van der Waals surface area contributed by atoms with E-state index in [1.807, 2.05) is 47.8 Å². The summed E-state index contributed by atoms with van der Waals surface area (Å²) in [5.74, 6) is 0.203. The van der Waals surface area contributed by atoms with Crippen LogP contribution in [0.1, 0.15) is 11.3 Å². The van der Waals surface area contributed by atoms with Gasteiger partial charge in [-0.2, -0.15) is 0 Å². The fourth-order valence-corrected chi connectivity index (χ4v) is 4.63. The minimum atomic E-state index is -0.173. The number of amidine groups is 1.